The Kier molecular flexibility index (Phi) is 10.7. The highest BCUT2D eigenvalue weighted by molar-refractivity contribution is 7.99. The summed E-state index contributed by atoms with van der Waals surface area (Å²) in [6.45, 7) is 8.89. The number of thioether (sulfide) groups is 1. The van der Waals surface area contributed by atoms with Gasteiger partial charge < -0.3 is 14.6 Å². The van der Waals surface area contributed by atoms with Crippen molar-refractivity contribution in [2.75, 3.05) is 11.1 Å². The molecule has 0 bridgehead atoms. The summed E-state index contributed by atoms with van der Waals surface area (Å²) in [5.74, 6) is 1.19. The van der Waals surface area contributed by atoms with Crippen molar-refractivity contribution >= 4 is 23.4 Å². The Balaban J connectivity index is 1.73. The van der Waals surface area contributed by atoms with Crippen LogP contribution >= 0.6 is 11.8 Å². The molecule has 0 aliphatic rings. The Hall–Kier alpha value is -2.94. The van der Waals surface area contributed by atoms with Gasteiger partial charge in [-0.3, -0.25) is 4.79 Å². The SMILES string of the molecule is CCCCCC(C)Cn1c(SCC(=O)Nc2ccc(OC(F)F)cc2)nnc1-c1ccc(C(C)(C)C)cc1. The van der Waals surface area contributed by atoms with E-state index in [0.717, 1.165) is 24.4 Å². The highest BCUT2D eigenvalue weighted by Gasteiger charge is 2.19. The van der Waals surface area contributed by atoms with Crippen LogP contribution in [-0.2, 0) is 16.8 Å². The highest BCUT2D eigenvalue weighted by atomic mass is 32.2. The standard InChI is InChI=1S/C29H38F2N4O2S/c1-6-7-8-9-20(2)18-35-26(21-10-12-22(13-11-21)29(3,4)5)33-34-28(35)38-19-25(36)32-23-14-16-24(17-15-23)37-27(30)31/h10-17,20,27H,6-9,18-19H2,1-5H3,(H,32,36). The van der Waals surface area contributed by atoms with Crippen molar-refractivity contribution in [3.05, 3.63) is 54.1 Å². The maximum absolute atomic E-state index is 12.6. The number of rotatable bonds is 13. The Bertz CT molecular complexity index is 1160. The third kappa shape index (κ3) is 8.82. The molecule has 1 unspecified atom stereocenters. The van der Waals surface area contributed by atoms with Gasteiger partial charge >= 0.3 is 6.61 Å². The van der Waals surface area contributed by atoms with Crippen LogP contribution in [-0.4, -0.2) is 33.0 Å². The molecule has 0 radical (unpaired) electrons. The van der Waals surface area contributed by atoms with Gasteiger partial charge in [0.1, 0.15) is 5.75 Å². The number of carbonyl (C=O) groups excluding carboxylic acids is 1. The maximum atomic E-state index is 12.6. The fourth-order valence-corrected chi connectivity index (χ4v) is 4.83. The number of ether oxygens (including phenoxy) is 1. The molecule has 0 saturated carbocycles. The van der Waals surface area contributed by atoms with Gasteiger partial charge in [-0.15, -0.1) is 10.2 Å². The molecule has 0 saturated heterocycles. The largest absolute Gasteiger partial charge is 0.435 e. The van der Waals surface area contributed by atoms with Crippen molar-refractivity contribution < 1.29 is 18.3 Å². The van der Waals surface area contributed by atoms with Gasteiger partial charge in [0.25, 0.3) is 0 Å². The Labute approximate surface area is 228 Å². The van der Waals surface area contributed by atoms with Crippen LogP contribution in [0.1, 0.15) is 65.9 Å². The summed E-state index contributed by atoms with van der Waals surface area (Å²) in [7, 11) is 0. The molecule has 38 heavy (non-hydrogen) atoms. The van der Waals surface area contributed by atoms with Crippen LogP contribution in [0.5, 0.6) is 5.75 Å². The van der Waals surface area contributed by atoms with E-state index in [9.17, 15) is 13.6 Å². The smallest absolute Gasteiger partial charge is 0.387 e. The van der Waals surface area contributed by atoms with E-state index in [1.165, 1.54) is 60.9 Å². The quantitative estimate of drug-likeness (QED) is 0.176. The van der Waals surface area contributed by atoms with Crippen molar-refractivity contribution in [3.63, 3.8) is 0 Å². The second kappa shape index (κ2) is 13.7. The van der Waals surface area contributed by atoms with Gasteiger partial charge in [-0.1, -0.05) is 89.9 Å². The molecular weight excluding hydrogens is 506 g/mol. The number of anilines is 1. The summed E-state index contributed by atoms with van der Waals surface area (Å²) in [5.41, 5.74) is 2.81. The zero-order chi connectivity index (χ0) is 27.7. The first-order valence-electron chi connectivity index (χ1n) is 13.1. The van der Waals surface area contributed by atoms with Crippen LogP contribution < -0.4 is 10.1 Å². The predicted molar refractivity (Wildman–Crippen MR) is 150 cm³/mol. The van der Waals surface area contributed by atoms with E-state index in [2.05, 4.69) is 83.7 Å². The van der Waals surface area contributed by atoms with Gasteiger partial charge in [0.15, 0.2) is 11.0 Å². The van der Waals surface area contributed by atoms with Gasteiger partial charge in [0.2, 0.25) is 5.91 Å². The van der Waals surface area contributed by atoms with E-state index >= 15 is 0 Å². The number of amides is 1. The number of benzene rings is 2. The van der Waals surface area contributed by atoms with Gasteiger partial charge in [-0.25, -0.2) is 0 Å². The first-order chi connectivity index (χ1) is 18.1. The molecule has 9 heteroatoms. The van der Waals surface area contributed by atoms with Gasteiger partial charge in [-0.2, -0.15) is 8.78 Å². The third-order valence-corrected chi connectivity index (χ3v) is 7.18. The molecule has 0 fully saturated rings. The molecule has 0 aliphatic carbocycles. The second-order valence-electron chi connectivity index (χ2n) is 10.6. The number of aromatic nitrogens is 3. The van der Waals surface area contributed by atoms with E-state index in [1.807, 2.05) is 0 Å². The highest BCUT2D eigenvalue weighted by Crippen LogP contribution is 2.29. The average Bonchev–Trinajstić information content (AvgIpc) is 3.25. The number of hydrogen-bond donors (Lipinski definition) is 1. The van der Waals surface area contributed by atoms with E-state index < -0.39 is 6.61 Å². The summed E-state index contributed by atoms with van der Waals surface area (Å²) >= 11 is 1.33. The van der Waals surface area contributed by atoms with Crippen LogP contribution in [0.2, 0.25) is 0 Å². The lowest BCUT2D eigenvalue weighted by Gasteiger charge is -2.19. The Morgan fingerprint density at radius 3 is 2.34 bits per heavy atom. The lowest BCUT2D eigenvalue weighted by Crippen LogP contribution is -2.15. The van der Waals surface area contributed by atoms with Crippen molar-refractivity contribution in [1.29, 1.82) is 0 Å². The second-order valence-corrected chi connectivity index (χ2v) is 11.5. The topological polar surface area (TPSA) is 69.0 Å². The average molecular weight is 545 g/mol. The van der Waals surface area contributed by atoms with Gasteiger partial charge in [0.05, 0.1) is 5.75 Å². The molecule has 1 aromatic heterocycles. The van der Waals surface area contributed by atoms with Crippen LogP contribution in [0.4, 0.5) is 14.5 Å². The zero-order valence-corrected chi connectivity index (χ0v) is 23.7. The van der Waals surface area contributed by atoms with Crippen LogP contribution in [0, 0.1) is 5.92 Å². The molecule has 2 aromatic carbocycles. The summed E-state index contributed by atoms with van der Waals surface area (Å²) < 4.78 is 31.2. The lowest BCUT2D eigenvalue weighted by molar-refractivity contribution is -0.113. The van der Waals surface area contributed by atoms with Crippen molar-refractivity contribution in [1.82, 2.24) is 14.8 Å². The van der Waals surface area contributed by atoms with E-state index in [4.69, 9.17) is 0 Å². The molecule has 0 spiro atoms. The monoisotopic (exact) mass is 544 g/mol. The first-order valence-corrected chi connectivity index (χ1v) is 14.1. The molecule has 1 heterocycles. The third-order valence-electron chi connectivity index (χ3n) is 6.22. The Morgan fingerprint density at radius 1 is 1.05 bits per heavy atom. The van der Waals surface area contributed by atoms with E-state index in [-0.39, 0.29) is 22.8 Å². The minimum absolute atomic E-state index is 0.0385. The molecule has 1 N–H and O–H groups in total. The van der Waals surface area contributed by atoms with E-state index in [0.29, 0.717) is 16.8 Å². The minimum Gasteiger partial charge on any atom is -0.435 e. The van der Waals surface area contributed by atoms with Crippen LogP contribution in [0.25, 0.3) is 11.4 Å². The number of carbonyl (C=O) groups is 1. The Morgan fingerprint density at radius 2 is 1.74 bits per heavy atom. The summed E-state index contributed by atoms with van der Waals surface area (Å²) in [6, 6.07) is 14.3. The summed E-state index contributed by atoms with van der Waals surface area (Å²) in [4.78, 5) is 12.6. The van der Waals surface area contributed by atoms with Crippen LogP contribution in [0.15, 0.2) is 53.7 Å². The molecule has 1 amide bonds. The van der Waals surface area contributed by atoms with Crippen molar-refractivity contribution in [2.24, 2.45) is 5.92 Å². The van der Waals surface area contributed by atoms with E-state index in [1.54, 1.807) is 0 Å². The van der Waals surface area contributed by atoms with Crippen molar-refractivity contribution in [2.45, 2.75) is 84.0 Å². The minimum atomic E-state index is -2.89. The van der Waals surface area contributed by atoms with Crippen LogP contribution in [0.3, 0.4) is 0 Å². The normalized spacial score (nSPS) is 12.5. The molecule has 3 rings (SSSR count). The molecule has 206 valence electrons. The number of hydrogen-bond acceptors (Lipinski definition) is 5. The fraction of sp³-hybridized carbons (Fsp3) is 0.483. The molecule has 3 aromatic rings. The summed E-state index contributed by atoms with van der Waals surface area (Å²) in [5, 5.41) is 12.4. The number of nitrogens with zero attached hydrogens (tertiary/aromatic N) is 3. The number of nitrogens with one attached hydrogen (secondary N) is 1. The molecule has 1 atom stereocenters. The van der Waals surface area contributed by atoms with Crippen molar-refractivity contribution in [3.8, 4) is 17.1 Å². The number of unbranched alkanes of at least 4 members (excludes halogenated alkanes) is 2. The molecule has 6 nitrogen and oxygen atoms in total. The molecule has 0 aliphatic heterocycles. The van der Waals surface area contributed by atoms with Gasteiger partial charge in [-0.05, 0) is 47.6 Å². The molecular formula is C29H38F2N4O2S. The van der Waals surface area contributed by atoms with Gasteiger partial charge in [0, 0.05) is 17.8 Å². The maximum Gasteiger partial charge on any atom is 0.387 e. The summed E-state index contributed by atoms with van der Waals surface area (Å²) in [6.07, 6.45) is 4.69. The fourth-order valence-electron chi connectivity index (χ4n) is 4.09. The predicted octanol–water partition coefficient (Wildman–Crippen LogP) is 7.79. The first kappa shape index (κ1) is 29.6. The number of alkyl halides is 2. The lowest BCUT2D eigenvalue weighted by atomic mass is 9.86. The zero-order valence-electron chi connectivity index (χ0n) is 22.8. The number of halogens is 2.